The summed E-state index contributed by atoms with van der Waals surface area (Å²) in [5.41, 5.74) is 2.80. The molecule has 0 bridgehead atoms. The molecule has 0 aliphatic rings. The molecule has 1 unspecified atom stereocenters. The highest BCUT2D eigenvalue weighted by atomic mass is 16.5. The minimum atomic E-state index is 0.0126. The lowest BCUT2D eigenvalue weighted by atomic mass is 9.72. The van der Waals surface area contributed by atoms with E-state index in [0.29, 0.717) is 6.61 Å². The van der Waals surface area contributed by atoms with Gasteiger partial charge in [-0.3, -0.25) is 0 Å². The highest BCUT2D eigenvalue weighted by molar-refractivity contribution is 5.88. The Balaban J connectivity index is 0.00000163. The summed E-state index contributed by atoms with van der Waals surface area (Å²) in [6.45, 7) is 22.3. The number of benzene rings is 2. The summed E-state index contributed by atoms with van der Waals surface area (Å²) in [5, 5.41) is 2.58. The van der Waals surface area contributed by atoms with E-state index in [1.54, 1.807) is 0 Å². The maximum absolute atomic E-state index is 6.18. The summed E-state index contributed by atoms with van der Waals surface area (Å²) >= 11 is 0. The fourth-order valence-corrected chi connectivity index (χ4v) is 3.57. The molecule has 2 rings (SSSR count). The van der Waals surface area contributed by atoms with Crippen LogP contribution < -0.4 is 0 Å². The predicted molar refractivity (Wildman–Crippen MR) is 116 cm³/mol. The van der Waals surface area contributed by atoms with Gasteiger partial charge in [-0.05, 0) is 47.1 Å². The van der Waals surface area contributed by atoms with E-state index in [-0.39, 0.29) is 10.8 Å². The molecule has 1 heteroatoms. The smallest absolute Gasteiger partial charge is 0.113 e. The van der Waals surface area contributed by atoms with E-state index in [1.165, 1.54) is 21.9 Å². The number of fused-ring (bicyclic) bond motifs is 1. The Kier molecular flexibility index (Phi) is 7.93. The fraction of sp³-hybridized carbons (Fsp3) is 0.520. The van der Waals surface area contributed by atoms with Crippen LogP contribution in [0.4, 0.5) is 0 Å². The molecule has 0 radical (unpaired) electrons. The van der Waals surface area contributed by atoms with Gasteiger partial charge in [-0.15, -0.1) is 0 Å². The van der Waals surface area contributed by atoms with Crippen molar-refractivity contribution in [2.75, 3.05) is 0 Å². The van der Waals surface area contributed by atoms with Gasteiger partial charge in [0.25, 0.3) is 0 Å². The Morgan fingerprint density at radius 1 is 0.962 bits per heavy atom. The van der Waals surface area contributed by atoms with Crippen molar-refractivity contribution in [1.29, 1.82) is 0 Å². The molecule has 0 fully saturated rings. The first-order chi connectivity index (χ1) is 12.2. The van der Waals surface area contributed by atoms with E-state index in [4.69, 9.17) is 4.74 Å². The number of allylic oxidation sites excluding steroid dienone is 1. The summed E-state index contributed by atoms with van der Waals surface area (Å²) < 4.78 is 6.18. The van der Waals surface area contributed by atoms with Crippen LogP contribution >= 0.6 is 0 Å². The zero-order chi connectivity index (χ0) is 20.0. The molecule has 0 spiro atoms. The molecule has 0 aliphatic carbocycles. The van der Waals surface area contributed by atoms with Gasteiger partial charge in [-0.2, -0.15) is 0 Å². The first-order valence-corrected chi connectivity index (χ1v) is 9.96. The van der Waals surface area contributed by atoms with Gasteiger partial charge in [-0.1, -0.05) is 91.4 Å². The molecule has 1 atom stereocenters. The molecule has 144 valence electrons. The zero-order valence-corrected chi connectivity index (χ0v) is 18.2. The van der Waals surface area contributed by atoms with Crippen LogP contribution in [0, 0.1) is 17.8 Å². The number of hydrogen-bond acceptors (Lipinski definition) is 1. The third-order valence-electron chi connectivity index (χ3n) is 5.01. The molecule has 0 amide bonds. The van der Waals surface area contributed by atoms with Crippen molar-refractivity contribution in [3.63, 3.8) is 0 Å². The topological polar surface area (TPSA) is 9.23 Å². The summed E-state index contributed by atoms with van der Waals surface area (Å²) in [6.07, 6.45) is 2.11. The van der Waals surface area contributed by atoms with E-state index < -0.39 is 0 Å². The van der Waals surface area contributed by atoms with Gasteiger partial charge in [0, 0.05) is 5.41 Å². The van der Waals surface area contributed by atoms with Gasteiger partial charge < -0.3 is 4.74 Å². The van der Waals surface area contributed by atoms with Crippen molar-refractivity contribution in [1.82, 2.24) is 0 Å². The molecule has 0 saturated heterocycles. The Labute approximate surface area is 161 Å². The minimum absolute atomic E-state index is 0.0126. The normalized spacial score (nSPS) is 13.5. The Morgan fingerprint density at radius 2 is 1.54 bits per heavy atom. The van der Waals surface area contributed by atoms with Gasteiger partial charge in [0.05, 0.1) is 5.76 Å². The van der Waals surface area contributed by atoms with Crippen LogP contribution in [-0.2, 0) is 11.3 Å². The third kappa shape index (κ3) is 5.62. The molecule has 26 heavy (non-hydrogen) atoms. The average molecular weight is 355 g/mol. The molecule has 2 aromatic carbocycles. The molecule has 2 aromatic rings. The molecular formula is C25H38O. The second-order valence-corrected chi connectivity index (χ2v) is 8.45. The Bertz CT molecular complexity index is 721. The van der Waals surface area contributed by atoms with E-state index in [9.17, 15) is 0 Å². The molecule has 1 nitrogen and oxygen atoms in total. The van der Waals surface area contributed by atoms with Crippen molar-refractivity contribution in [2.24, 2.45) is 10.8 Å². The lowest BCUT2D eigenvalue weighted by Gasteiger charge is -2.36. The molecule has 0 aromatic heterocycles. The summed E-state index contributed by atoms with van der Waals surface area (Å²) in [5.74, 6) is 0.907. The van der Waals surface area contributed by atoms with Gasteiger partial charge >= 0.3 is 0 Å². The number of rotatable bonds is 6. The van der Waals surface area contributed by atoms with Gasteiger partial charge in [0.15, 0.2) is 0 Å². The van der Waals surface area contributed by atoms with Crippen LogP contribution in [0.25, 0.3) is 10.8 Å². The molecule has 0 heterocycles. The molecule has 0 saturated carbocycles. The van der Waals surface area contributed by atoms with Crippen molar-refractivity contribution in [3.8, 4) is 0 Å². The number of aryl methyl sites for hydroxylation is 1. The maximum atomic E-state index is 6.18. The Hall–Kier alpha value is -1.76. The summed E-state index contributed by atoms with van der Waals surface area (Å²) in [6, 6.07) is 12.9. The van der Waals surface area contributed by atoms with E-state index in [1.807, 2.05) is 13.8 Å². The van der Waals surface area contributed by atoms with E-state index >= 15 is 0 Å². The van der Waals surface area contributed by atoms with Crippen molar-refractivity contribution >= 4 is 10.8 Å². The fourth-order valence-electron chi connectivity index (χ4n) is 3.57. The van der Waals surface area contributed by atoms with E-state index in [2.05, 4.69) is 84.5 Å². The average Bonchev–Trinajstić information content (AvgIpc) is 2.61. The maximum Gasteiger partial charge on any atom is 0.113 e. The van der Waals surface area contributed by atoms with Gasteiger partial charge in [0.1, 0.15) is 6.61 Å². The van der Waals surface area contributed by atoms with Crippen molar-refractivity contribution in [3.05, 3.63) is 59.9 Å². The molecule has 0 aliphatic heterocycles. The molecular weight excluding hydrogens is 316 g/mol. The second kappa shape index (κ2) is 9.26. The number of hydrogen-bond donors (Lipinski definition) is 0. The monoisotopic (exact) mass is 354 g/mol. The zero-order valence-electron chi connectivity index (χ0n) is 18.2. The van der Waals surface area contributed by atoms with E-state index in [0.717, 1.165) is 18.6 Å². The van der Waals surface area contributed by atoms with Crippen LogP contribution in [0.1, 0.15) is 72.4 Å². The highest BCUT2D eigenvalue weighted by Gasteiger charge is 2.32. The number of ether oxygens (including phenoxy) is 1. The van der Waals surface area contributed by atoms with Crippen molar-refractivity contribution in [2.45, 2.75) is 74.8 Å². The summed E-state index contributed by atoms with van der Waals surface area (Å²) in [4.78, 5) is 0. The molecule has 0 N–H and O–H groups in total. The van der Waals surface area contributed by atoms with Crippen molar-refractivity contribution < 1.29 is 4.74 Å². The second-order valence-electron chi connectivity index (χ2n) is 8.45. The van der Waals surface area contributed by atoms with Crippen LogP contribution in [0.15, 0.2) is 48.7 Å². The van der Waals surface area contributed by atoms with Crippen LogP contribution in [-0.4, -0.2) is 0 Å². The minimum Gasteiger partial charge on any atom is -0.493 e. The third-order valence-corrected chi connectivity index (χ3v) is 5.01. The quantitative estimate of drug-likeness (QED) is 0.477. The van der Waals surface area contributed by atoms with Gasteiger partial charge in [-0.25, -0.2) is 0 Å². The van der Waals surface area contributed by atoms with Crippen LogP contribution in [0.2, 0.25) is 0 Å². The highest BCUT2D eigenvalue weighted by Crippen LogP contribution is 2.42. The van der Waals surface area contributed by atoms with Gasteiger partial charge in [0.2, 0.25) is 0 Å². The first kappa shape index (κ1) is 22.3. The lowest BCUT2D eigenvalue weighted by Crippen LogP contribution is -2.26. The SMILES string of the molecule is C=C(OCc1ccc(C)c2ccccc12)C(C)(CC)CC(C)(C)C.CC. The lowest BCUT2D eigenvalue weighted by molar-refractivity contribution is 0.0921. The standard InChI is InChI=1S/C23H32O.C2H6/c1-8-23(7,16-22(4,5)6)18(3)24-15-19-14-13-17(2)20-11-9-10-12-21(19)20;1-2/h9-14H,3,8,15-16H2,1-2,4-7H3;1-2H3. The largest absolute Gasteiger partial charge is 0.493 e. The van der Waals surface area contributed by atoms with Crippen LogP contribution in [0.3, 0.4) is 0 Å². The predicted octanol–water partition coefficient (Wildman–Crippen LogP) is 8.06. The Morgan fingerprint density at radius 3 is 2.08 bits per heavy atom. The summed E-state index contributed by atoms with van der Waals surface area (Å²) in [7, 11) is 0. The van der Waals surface area contributed by atoms with Crippen LogP contribution in [0.5, 0.6) is 0 Å². The first-order valence-electron chi connectivity index (χ1n) is 9.96.